The molecule has 37 heavy (non-hydrogen) atoms. The average molecular weight is 514 g/mol. The van der Waals surface area contributed by atoms with E-state index in [0.717, 1.165) is 20.1 Å². The zero-order chi connectivity index (χ0) is 24.9. The number of para-hydroxylation sites is 2. The fourth-order valence-electron chi connectivity index (χ4n) is 5.00. The lowest BCUT2D eigenvalue weighted by molar-refractivity contribution is 1.27. The molecule has 1 aliphatic heterocycles. The maximum atomic E-state index is 2.60. The number of hydrogen-bond acceptors (Lipinski definition) is 2. The van der Waals surface area contributed by atoms with Gasteiger partial charge in [-0.2, -0.15) is 0 Å². The second-order valence-corrected chi connectivity index (χ2v) is 13.5. The first-order valence-corrected chi connectivity index (χ1v) is 15.8. The van der Waals surface area contributed by atoms with Crippen LogP contribution in [0, 0.1) is 0 Å². The maximum absolute atomic E-state index is 2.60. The summed E-state index contributed by atoms with van der Waals surface area (Å²) >= 11 is 0. The van der Waals surface area contributed by atoms with Crippen LogP contribution in [-0.4, -0.2) is 20.1 Å². The predicted molar refractivity (Wildman–Crippen MR) is 166 cm³/mol. The Kier molecular flexibility index (Phi) is 7.36. The highest BCUT2D eigenvalue weighted by atomic mass is 31.1. The van der Waals surface area contributed by atoms with Crippen molar-refractivity contribution in [1.29, 1.82) is 0 Å². The van der Waals surface area contributed by atoms with Crippen LogP contribution in [0.5, 0.6) is 0 Å². The molecule has 6 rings (SSSR count). The molecule has 0 radical (unpaired) electrons. The van der Waals surface area contributed by atoms with Gasteiger partial charge in [-0.3, -0.25) is 0 Å². The summed E-state index contributed by atoms with van der Waals surface area (Å²) in [7, 11) is -0.105. The minimum Gasteiger partial charge on any atom is -0.393 e. The average Bonchev–Trinajstić information content (AvgIpc) is 3.33. The van der Waals surface area contributed by atoms with Gasteiger partial charge in [0.25, 0.3) is 0 Å². The molecular weight excluding hydrogens is 485 g/mol. The summed E-state index contributed by atoms with van der Waals surface area (Å²) in [5.41, 5.74) is 2.69. The van der Waals surface area contributed by atoms with Gasteiger partial charge in [0.05, 0.1) is 0 Å². The van der Waals surface area contributed by atoms with Gasteiger partial charge in [0, 0.05) is 23.9 Å². The Labute approximate surface area is 223 Å². The molecule has 0 saturated carbocycles. The monoisotopic (exact) mass is 514 g/mol. The van der Waals surface area contributed by atoms with Gasteiger partial charge >= 0.3 is 7.55 Å². The fourth-order valence-corrected chi connectivity index (χ4v) is 9.54. The van der Waals surface area contributed by atoms with E-state index in [1.165, 1.54) is 32.6 Å². The van der Waals surface area contributed by atoms with E-state index < -0.39 is 15.8 Å². The van der Waals surface area contributed by atoms with Crippen molar-refractivity contribution < 1.29 is 0 Å². The van der Waals surface area contributed by atoms with Gasteiger partial charge in [-0.25, -0.2) is 0 Å². The van der Waals surface area contributed by atoms with Crippen LogP contribution in [-0.2, 0) is 0 Å². The molecule has 1 heterocycles. The molecule has 0 saturated heterocycles. The van der Waals surface area contributed by atoms with Crippen molar-refractivity contribution in [2.24, 2.45) is 0 Å². The van der Waals surface area contributed by atoms with Gasteiger partial charge in [0.2, 0.25) is 0 Å². The second kappa shape index (κ2) is 11.3. The second-order valence-electron chi connectivity index (χ2n) is 9.19. The highest BCUT2D eigenvalue weighted by molar-refractivity contribution is 7.73. The molecule has 5 aromatic carbocycles. The zero-order valence-corrected chi connectivity index (χ0v) is 22.6. The maximum Gasteiger partial charge on any atom is 0.357 e. The summed E-state index contributed by atoms with van der Waals surface area (Å²) in [5.74, 6) is 0. The predicted octanol–water partition coefficient (Wildman–Crippen LogP) is 5.76. The molecule has 0 amide bonds. The Morgan fingerprint density at radius 1 is 0.378 bits per heavy atom. The third-order valence-corrected chi connectivity index (χ3v) is 11.7. The molecule has 0 unspecified atom stereocenters. The quantitative estimate of drug-likeness (QED) is 0.192. The van der Waals surface area contributed by atoms with E-state index in [2.05, 4.69) is 155 Å². The van der Waals surface area contributed by atoms with Crippen molar-refractivity contribution in [2.75, 3.05) is 22.2 Å². The third-order valence-electron chi connectivity index (χ3n) is 6.80. The molecule has 0 fully saturated rings. The van der Waals surface area contributed by atoms with Crippen LogP contribution in [0.15, 0.2) is 146 Å². The normalized spacial score (nSPS) is 12.6. The summed E-state index contributed by atoms with van der Waals surface area (Å²) < 4.78 is 0. The van der Waals surface area contributed by atoms with E-state index in [9.17, 15) is 0 Å². The summed E-state index contributed by atoms with van der Waals surface area (Å²) in [4.78, 5) is 5.20. The lowest BCUT2D eigenvalue weighted by Gasteiger charge is -2.28. The van der Waals surface area contributed by atoms with Crippen LogP contribution >= 0.6 is 15.8 Å². The molecule has 1 aliphatic rings. The van der Waals surface area contributed by atoms with Crippen LogP contribution in [0.2, 0.25) is 0 Å². The van der Waals surface area contributed by atoms with E-state index in [4.69, 9.17) is 0 Å². The molecule has 0 N–H and O–H groups in total. The number of fused-ring (bicyclic) bond motifs is 1. The van der Waals surface area contributed by atoms with Crippen LogP contribution < -0.4 is 30.8 Å². The van der Waals surface area contributed by atoms with Crippen molar-refractivity contribution in [3.63, 3.8) is 0 Å². The molecule has 0 atom stereocenters. The minimum absolute atomic E-state index is 0.509. The molecule has 0 bridgehead atoms. The minimum atomic E-state index is -0.509. The Hall–Kier alpha value is -3.38. The SMILES string of the molecule is B1N(CP(c2ccccc2)c2ccccc2)c2ccccc2N1CP(c1ccccc1)c1ccccc1. The Morgan fingerprint density at radius 3 is 0.946 bits per heavy atom. The van der Waals surface area contributed by atoms with Gasteiger partial charge in [0.1, 0.15) is 0 Å². The number of rotatable bonds is 8. The van der Waals surface area contributed by atoms with Crippen molar-refractivity contribution in [3.05, 3.63) is 146 Å². The van der Waals surface area contributed by atoms with E-state index in [0.29, 0.717) is 0 Å². The standard InChI is InChI=1S/C32H29BN2P2/c1-5-15-27(16-6-1)36(28-17-7-2-8-18-28)25-34-31-23-13-14-24-32(31)35(33-34)26-37(29-19-9-3-10-20-29)30-21-11-4-12-22-30/h1-24,33H,25-26H2. The van der Waals surface area contributed by atoms with Gasteiger partial charge in [0.15, 0.2) is 0 Å². The molecular formula is C32H29BN2P2. The van der Waals surface area contributed by atoms with E-state index in [1.54, 1.807) is 0 Å². The van der Waals surface area contributed by atoms with Crippen molar-refractivity contribution in [3.8, 4) is 0 Å². The molecule has 0 aliphatic carbocycles. The van der Waals surface area contributed by atoms with Gasteiger partial charge < -0.3 is 9.62 Å². The first kappa shape index (κ1) is 24.0. The van der Waals surface area contributed by atoms with E-state index in [-0.39, 0.29) is 0 Å². The third kappa shape index (κ3) is 5.35. The lowest BCUT2D eigenvalue weighted by Crippen LogP contribution is -2.38. The summed E-state index contributed by atoms with van der Waals surface area (Å²) in [6, 6.07) is 53.1. The lowest BCUT2D eigenvalue weighted by atomic mass is 10.1. The molecule has 0 spiro atoms. The molecule has 2 nitrogen and oxygen atoms in total. The first-order chi connectivity index (χ1) is 18.4. The molecule has 0 aromatic heterocycles. The summed E-state index contributed by atoms with van der Waals surface area (Å²) in [6.07, 6.45) is 2.01. The summed E-state index contributed by atoms with van der Waals surface area (Å²) in [6.45, 7) is 0. The Balaban J connectivity index is 1.32. The largest absolute Gasteiger partial charge is 0.393 e. The highest BCUT2D eigenvalue weighted by Crippen LogP contribution is 2.44. The highest BCUT2D eigenvalue weighted by Gasteiger charge is 2.31. The number of anilines is 2. The number of benzene rings is 5. The first-order valence-electron chi connectivity index (χ1n) is 12.7. The molecule has 5 heteroatoms. The fraction of sp³-hybridized carbons (Fsp3) is 0.0625. The Morgan fingerprint density at radius 2 is 0.649 bits per heavy atom. The number of nitrogens with zero attached hydrogens (tertiary/aromatic N) is 2. The van der Waals surface area contributed by atoms with Crippen LogP contribution in [0.1, 0.15) is 0 Å². The number of hydrogen-bond donors (Lipinski definition) is 0. The van der Waals surface area contributed by atoms with Crippen LogP contribution in [0.4, 0.5) is 11.4 Å². The van der Waals surface area contributed by atoms with Crippen molar-refractivity contribution >= 4 is 56.0 Å². The van der Waals surface area contributed by atoms with Crippen molar-refractivity contribution in [1.82, 2.24) is 0 Å². The van der Waals surface area contributed by atoms with Gasteiger partial charge in [-0.05, 0) is 49.2 Å². The zero-order valence-electron chi connectivity index (χ0n) is 20.8. The van der Waals surface area contributed by atoms with Crippen LogP contribution in [0.3, 0.4) is 0 Å². The Bertz CT molecular complexity index is 1230. The molecule has 180 valence electrons. The van der Waals surface area contributed by atoms with Gasteiger partial charge in [-0.1, -0.05) is 133 Å². The smallest absolute Gasteiger partial charge is 0.357 e. The topological polar surface area (TPSA) is 6.48 Å². The summed E-state index contributed by atoms with van der Waals surface area (Å²) in [5, 5.41) is 5.71. The van der Waals surface area contributed by atoms with E-state index >= 15 is 0 Å². The van der Waals surface area contributed by atoms with Crippen molar-refractivity contribution in [2.45, 2.75) is 0 Å². The molecule has 5 aromatic rings. The van der Waals surface area contributed by atoms with Gasteiger partial charge in [-0.15, -0.1) is 0 Å². The van der Waals surface area contributed by atoms with Crippen LogP contribution in [0.25, 0.3) is 0 Å². The van der Waals surface area contributed by atoms with E-state index in [1.807, 2.05) is 0 Å².